The van der Waals surface area contributed by atoms with Gasteiger partial charge in [-0.15, -0.1) is 0 Å². The highest BCUT2D eigenvalue weighted by Crippen LogP contribution is 2.42. The van der Waals surface area contributed by atoms with E-state index in [0.29, 0.717) is 37.5 Å². The lowest BCUT2D eigenvalue weighted by Gasteiger charge is -2.21. The molecule has 1 heterocycles. The summed E-state index contributed by atoms with van der Waals surface area (Å²) >= 11 is 0. The van der Waals surface area contributed by atoms with Gasteiger partial charge >= 0.3 is 5.97 Å². The molecular formula is C26H37FO6. The molecule has 2 aliphatic rings. The van der Waals surface area contributed by atoms with Crippen LogP contribution in [0.1, 0.15) is 51.9 Å². The molecule has 33 heavy (non-hydrogen) atoms. The minimum Gasteiger partial charge on any atom is -0.491 e. The third-order valence-electron chi connectivity index (χ3n) is 7.04. The van der Waals surface area contributed by atoms with E-state index in [9.17, 15) is 24.5 Å². The molecule has 0 bridgehead atoms. The highest BCUT2D eigenvalue weighted by molar-refractivity contribution is 5.69. The molecule has 1 aliphatic carbocycles. The molecule has 1 aliphatic heterocycles. The zero-order valence-corrected chi connectivity index (χ0v) is 19.3. The molecule has 1 saturated heterocycles. The summed E-state index contributed by atoms with van der Waals surface area (Å²) in [5, 5.41) is 30.2. The van der Waals surface area contributed by atoms with E-state index >= 15 is 0 Å². The SMILES string of the molecule is CCCC(CC[C@@H]1CC[C@@H]2[C@@H](C=C[C@@H](O)COc3ccc(F)cc3)[C@H](O)C[C@@H]2OC1)C(=O)O. The molecule has 0 radical (unpaired) electrons. The lowest BCUT2D eigenvalue weighted by Crippen LogP contribution is -2.22. The van der Waals surface area contributed by atoms with Crippen molar-refractivity contribution in [2.24, 2.45) is 23.7 Å². The Balaban J connectivity index is 1.49. The van der Waals surface area contributed by atoms with Crippen molar-refractivity contribution < 1.29 is 34.0 Å². The number of ether oxygens (including phenoxy) is 2. The molecule has 1 aromatic rings. The van der Waals surface area contributed by atoms with Crippen LogP contribution in [0.5, 0.6) is 5.75 Å². The summed E-state index contributed by atoms with van der Waals surface area (Å²) in [6, 6.07) is 5.63. The number of rotatable bonds is 11. The van der Waals surface area contributed by atoms with E-state index in [-0.39, 0.29) is 36.3 Å². The van der Waals surface area contributed by atoms with Crippen LogP contribution >= 0.6 is 0 Å². The van der Waals surface area contributed by atoms with Gasteiger partial charge in [0.1, 0.15) is 24.3 Å². The first kappa shape index (κ1) is 25.7. The summed E-state index contributed by atoms with van der Waals surface area (Å²) in [5.74, 6) is -0.433. The maximum absolute atomic E-state index is 13.0. The van der Waals surface area contributed by atoms with E-state index < -0.39 is 18.2 Å². The molecule has 0 aromatic heterocycles. The normalized spacial score (nSPS) is 29.4. The number of hydrogen-bond donors (Lipinski definition) is 3. The van der Waals surface area contributed by atoms with E-state index in [0.717, 1.165) is 25.7 Å². The maximum atomic E-state index is 13.0. The van der Waals surface area contributed by atoms with Crippen molar-refractivity contribution in [3.63, 3.8) is 0 Å². The first-order valence-corrected chi connectivity index (χ1v) is 12.1. The average molecular weight is 465 g/mol. The predicted octanol–water partition coefficient (Wildman–Crippen LogP) is 4.19. The summed E-state index contributed by atoms with van der Waals surface area (Å²) in [6.07, 6.45) is 7.70. The molecule has 3 rings (SSSR count). The Bertz CT molecular complexity index is 767. The highest BCUT2D eigenvalue weighted by Gasteiger charge is 2.43. The maximum Gasteiger partial charge on any atom is 0.306 e. The lowest BCUT2D eigenvalue weighted by molar-refractivity contribution is -0.142. The van der Waals surface area contributed by atoms with E-state index in [1.54, 1.807) is 6.08 Å². The molecule has 0 amide bonds. The quantitative estimate of drug-likeness (QED) is 0.425. The number of halogens is 1. The number of carboxylic acids is 1. The molecule has 1 saturated carbocycles. The summed E-state index contributed by atoms with van der Waals surface area (Å²) in [5.41, 5.74) is 0. The van der Waals surface area contributed by atoms with Gasteiger partial charge in [-0.1, -0.05) is 25.5 Å². The number of aliphatic hydroxyl groups excluding tert-OH is 2. The summed E-state index contributed by atoms with van der Waals surface area (Å²) in [6.45, 7) is 2.66. The van der Waals surface area contributed by atoms with E-state index in [1.807, 2.05) is 13.0 Å². The van der Waals surface area contributed by atoms with Gasteiger partial charge in [-0.2, -0.15) is 0 Å². The number of aliphatic hydroxyl groups is 2. The van der Waals surface area contributed by atoms with Crippen LogP contribution < -0.4 is 4.74 Å². The van der Waals surface area contributed by atoms with Crippen LogP contribution in [0.4, 0.5) is 4.39 Å². The van der Waals surface area contributed by atoms with Crippen molar-refractivity contribution in [1.82, 2.24) is 0 Å². The number of aliphatic carboxylic acids is 1. The van der Waals surface area contributed by atoms with Crippen molar-refractivity contribution in [3.8, 4) is 5.75 Å². The van der Waals surface area contributed by atoms with Gasteiger partial charge in [0.15, 0.2) is 0 Å². The van der Waals surface area contributed by atoms with Crippen molar-refractivity contribution >= 4 is 5.97 Å². The summed E-state index contributed by atoms with van der Waals surface area (Å²) < 4.78 is 24.6. The van der Waals surface area contributed by atoms with Gasteiger partial charge in [0.05, 0.1) is 18.1 Å². The fourth-order valence-electron chi connectivity index (χ4n) is 5.14. The average Bonchev–Trinajstić information content (AvgIpc) is 2.95. The van der Waals surface area contributed by atoms with Crippen LogP contribution in [0.2, 0.25) is 0 Å². The molecule has 6 nitrogen and oxygen atoms in total. The number of fused-ring (bicyclic) bond motifs is 1. The zero-order chi connectivity index (χ0) is 23.8. The molecule has 0 spiro atoms. The Hall–Kier alpha value is -1.96. The number of carboxylic acid groups (broad SMARTS) is 1. The number of hydrogen-bond acceptors (Lipinski definition) is 5. The number of carbonyl (C=O) groups is 1. The Kier molecular flexibility index (Phi) is 9.71. The van der Waals surface area contributed by atoms with Gasteiger partial charge in [-0.05, 0) is 68.2 Å². The van der Waals surface area contributed by atoms with Gasteiger partial charge in [0, 0.05) is 18.9 Å². The van der Waals surface area contributed by atoms with Crippen molar-refractivity contribution in [2.75, 3.05) is 13.2 Å². The molecular weight excluding hydrogens is 427 g/mol. The van der Waals surface area contributed by atoms with E-state index in [1.165, 1.54) is 24.3 Å². The Morgan fingerprint density at radius 3 is 2.73 bits per heavy atom. The van der Waals surface area contributed by atoms with Crippen LogP contribution in [0, 0.1) is 29.5 Å². The smallest absolute Gasteiger partial charge is 0.306 e. The minimum absolute atomic E-state index is 0.0156. The van der Waals surface area contributed by atoms with Crippen LogP contribution in [0.25, 0.3) is 0 Å². The van der Waals surface area contributed by atoms with E-state index in [2.05, 4.69) is 0 Å². The van der Waals surface area contributed by atoms with Crippen molar-refractivity contribution in [2.45, 2.75) is 70.2 Å². The fourth-order valence-corrected chi connectivity index (χ4v) is 5.14. The van der Waals surface area contributed by atoms with Gasteiger partial charge in [0.25, 0.3) is 0 Å². The Morgan fingerprint density at radius 2 is 2.03 bits per heavy atom. The van der Waals surface area contributed by atoms with Gasteiger partial charge in [0.2, 0.25) is 0 Å². The first-order chi connectivity index (χ1) is 15.9. The van der Waals surface area contributed by atoms with Crippen molar-refractivity contribution in [1.29, 1.82) is 0 Å². The van der Waals surface area contributed by atoms with Crippen LogP contribution in [0.3, 0.4) is 0 Å². The predicted molar refractivity (Wildman–Crippen MR) is 122 cm³/mol. The molecule has 1 aromatic carbocycles. The second kappa shape index (κ2) is 12.5. The third kappa shape index (κ3) is 7.52. The van der Waals surface area contributed by atoms with Gasteiger partial charge < -0.3 is 24.8 Å². The van der Waals surface area contributed by atoms with Crippen LogP contribution in [-0.4, -0.2) is 52.8 Å². The second-order valence-electron chi connectivity index (χ2n) is 9.48. The first-order valence-electron chi connectivity index (χ1n) is 12.1. The van der Waals surface area contributed by atoms with Gasteiger partial charge in [-0.25, -0.2) is 4.39 Å². The molecule has 7 heteroatoms. The molecule has 1 unspecified atom stereocenters. The third-order valence-corrected chi connectivity index (χ3v) is 7.04. The minimum atomic E-state index is -0.840. The standard InChI is InChI=1S/C26H37FO6/c1-2-3-18(26(30)31)6-4-17-5-12-23-22(24(29)14-25(23)33-15-17)13-9-20(28)16-32-21-10-7-19(27)8-11-21/h7-11,13,17-18,20,22-25,28-29H,2-6,12,14-16H2,1H3,(H,30,31)/t17-,18?,20-,22-,23-,24-,25+/m1/s1. The van der Waals surface area contributed by atoms with Crippen LogP contribution in [0.15, 0.2) is 36.4 Å². The molecule has 184 valence electrons. The monoisotopic (exact) mass is 464 g/mol. The summed E-state index contributed by atoms with van der Waals surface area (Å²) in [4.78, 5) is 11.4. The highest BCUT2D eigenvalue weighted by atomic mass is 19.1. The summed E-state index contributed by atoms with van der Waals surface area (Å²) in [7, 11) is 0. The zero-order valence-electron chi connectivity index (χ0n) is 19.3. The molecule has 2 fully saturated rings. The van der Waals surface area contributed by atoms with Crippen molar-refractivity contribution in [3.05, 3.63) is 42.2 Å². The fraction of sp³-hybridized carbons (Fsp3) is 0.654. The lowest BCUT2D eigenvalue weighted by atomic mass is 9.85. The van der Waals surface area contributed by atoms with Gasteiger partial charge in [-0.3, -0.25) is 4.79 Å². The Morgan fingerprint density at radius 1 is 1.27 bits per heavy atom. The largest absolute Gasteiger partial charge is 0.491 e. The molecule has 7 atom stereocenters. The van der Waals surface area contributed by atoms with E-state index in [4.69, 9.17) is 9.47 Å². The molecule has 3 N–H and O–H groups in total. The Labute approximate surface area is 195 Å². The topological polar surface area (TPSA) is 96.2 Å². The van der Waals surface area contributed by atoms with Crippen LogP contribution in [-0.2, 0) is 9.53 Å². The number of benzene rings is 1. The second-order valence-corrected chi connectivity index (χ2v) is 9.48.